The lowest BCUT2D eigenvalue weighted by Crippen LogP contribution is -2.53. The Balaban J connectivity index is 1.55. The molecule has 1 spiro atoms. The molecule has 3 heteroatoms. The highest BCUT2D eigenvalue weighted by Gasteiger charge is 2.46. The molecule has 1 aromatic rings. The Morgan fingerprint density at radius 1 is 1.35 bits per heavy atom. The van der Waals surface area contributed by atoms with Crippen molar-refractivity contribution in [1.29, 1.82) is 0 Å². The van der Waals surface area contributed by atoms with E-state index < -0.39 is 0 Å². The molecule has 1 N–H and O–H groups in total. The zero-order valence-electron chi connectivity index (χ0n) is 10.7. The number of rotatable bonds is 3. The van der Waals surface area contributed by atoms with E-state index in [9.17, 15) is 0 Å². The highest BCUT2D eigenvalue weighted by molar-refractivity contribution is 7.11. The molecule has 94 valence electrons. The first-order valence-corrected chi connectivity index (χ1v) is 7.75. The fourth-order valence-electron chi connectivity index (χ4n) is 3.58. The second kappa shape index (κ2) is 4.69. The molecule has 2 saturated carbocycles. The molecule has 2 nitrogen and oxygen atoms in total. The minimum Gasteiger partial charge on any atom is -0.308 e. The van der Waals surface area contributed by atoms with Gasteiger partial charge in [0.05, 0.1) is 5.01 Å². The van der Waals surface area contributed by atoms with Crippen LogP contribution in [0.25, 0.3) is 0 Å². The third-order valence-electron chi connectivity index (χ3n) is 4.71. The van der Waals surface area contributed by atoms with Crippen molar-refractivity contribution < 1.29 is 0 Å². The van der Waals surface area contributed by atoms with E-state index in [-0.39, 0.29) is 0 Å². The topological polar surface area (TPSA) is 24.9 Å². The maximum atomic E-state index is 4.32. The molecule has 3 rings (SSSR count). The molecule has 1 unspecified atom stereocenters. The number of hydrogen-bond acceptors (Lipinski definition) is 3. The lowest BCUT2D eigenvalue weighted by molar-refractivity contribution is 0.0223. The first kappa shape index (κ1) is 11.7. The van der Waals surface area contributed by atoms with Crippen LogP contribution < -0.4 is 5.32 Å². The Morgan fingerprint density at radius 3 is 2.76 bits per heavy atom. The molecular weight excluding hydrogens is 228 g/mol. The molecule has 17 heavy (non-hydrogen) atoms. The summed E-state index contributed by atoms with van der Waals surface area (Å²) in [5.74, 6) is 0. The number of nitrogens with zero attached hydrogens (tertiary/aromatic N) is 1. The summed E-state index contributed by atoms with van der Waals surface area (Å²) in [6.07, 6.45) is 12.2. The van der Waals surface area contributed by atoms with Crippen LogP contribution in [0.1, 0.15) is 54.8 Å². The molecule has 1 atom stereocenters. The predicted octanol–water partition coefficient (Wildman–Crippen LogP) is 3.65. The van der Waals surface area contributed by atoms with Crippen LogP contribution in [0, 0.1) is 12.3 Å². The summed E-state index contributed by atoms with van der Waals surface area (Å²) in [5, 5.41) is 4.96. The third-order valence-corrected chi connectivity index (χ3v) is 5.62. The van der Waals surface area contributed by atoms with Gasteiger partial charge in [-0.2, -0.15) is 0 Å². The number of thiazole rings is 1. The number of aryl methyl sites for hydroxylation is 1. The SMILES string of the molecule is Cc1ncc(CNC2CCC23CCCCC3)s1. The molecule has 0 aliphatic heterocycles. The van der Waals surface area contributed by atoms with Gasteiger partial charge in [-0.25, -0.2) is 4.98 Å². The quantitative estimate of drug-likeness (QED) is 0.885. The Kier molecular flexibility index (Phi) is 3.22. The Labute approximate surface area is 108 Å². The van der Waals surface area contributed by atoms with Crippen molar-refractivity contribution >= 4 is 11.3 Å². The van der Waals surface area contributed by atoms with Crippen LogP contribution in [0.4, 0.5) is 0 Å². The van der Waals surface area contributed by atoms with Gasteiger partial charge in [-0.1, -0.05) is 19.3 Å². The van der Waals surface area contributed by atoms with Crippen molar-refractivity contribution in [3.8, 4) is 0 Å². The van der Waals surface area contributed by atoms with E-state index in [0.717, 1.165) is 12.6 Å². The Hall–Kier alpha value is -0.410. The summed E-state index contributed by atoms with van der Waals surface area (Å²) in [5.41, 5.74) is 0.679. The summed E-state index contributed by atoms with van der Waals surface area (Å²) in [6.45, 7) is 3.11. The zero-order chi connectivity index (χ0) is 11.7. The minimum absolute atomic E-state index is 0.679. The summed E-state index contributed by atoms with van der Waals surface area (Å²) < 4.78 is 0. The highest BCUT2D eigenvalue weighted by Crippen LogP contribution is 2.51. The number of hydrogen-bond donors (Lipinski definition) is 1. The van der Waals surface area contributed by atoms with Crippen LogP contribution in [0.5, 0.6) is 0 Å². The average molecular weight is 250 g/mol. The third kappa shape index (κ3) is 2.27. The van der Waals surface area contributed by atoms with Crippen molar-refractivity contribution in [2.45, 2.75) is 64.5 Å². The fraction of sp³-hybridized carbons (Fsp3) is 0.786. The molecule has 1 heterocycles. The zero-order valence-corrected chi connectivity index (χ0v) is 11.5. The molecule has 1 aromatic heterocycles. The van der Waals surface area contributed by atoms with Crippen molar-refractivity contribution in [3.05, 3.63) is 16.1 Å². The van der Waals surface area contributed by atoms with Gasteiger partial charge in [-0.15, -0.1) is 11.3 Å². The van der Waals surface area contributed by atoms with Gasteiger partial charge in [-0.3, -0.25) is 0 Å². The Bertz CT molecular complexity index is 379. The van der Waals surface area contributed by atoms with Gasteiger partial charge < -0.3 is 5.32 Å². The van der Waals surface area contributed by atoms with Gasteiger partial charge in [-0.05, 0) is 38.0 Å². The van der Waals surface area contributed by atoms with Crippen LogP contribution in [0.2, 0.25) is 0 Å². The average Bonchev–Trinajstić information content (AvgIpc) is 2.75. The van der Waals surface area contributed by atoms with E-state index in [1.807, 2.05) is 17.5 Å². The van der Waals surface area contributed by atoms with Crippen molar-refractivity contribution in [2.75, 3.05) is 0 Å². The lowest BCUT2D eigenvalue weighted by Gasteiger charge is -2.52. The van der Waals surface area contributed by atoms with Gasteiger partial charge in [0.15, 0.2) is 0 Å². The molecule has 0 radical (unpaired) electrons. The second-order valence-electron chi connectivity index (χ2n) is 5.74. The fourth-order valence-corrected chi connectivity index (χ4v) is 4.33. The van der Waals surface area contributed by atoms with Crippen molar-refractivity contribution in [3.63, 3.8) is 0 Å². The summed E-state index contributed by atoms with van der Waals surface area (Å²) in [6, 6.07) is 0.783. The van der Waals surface area contributed by atoms with Crippen LogP contribution in [0.15, 0.2) is 6.20 Å². The molecule has 0 bridgehead atoms. The minimum atomic E-state index is 0.679. The van der Waals surface area contributed by atoms with Crippen LogP contribution >= 0.6 is 11.3 Å². The van der Waals surface area contributed by atoms with Crippen molar-refractivity contribution in [1.82, 2.24) is 10.3 Å². The van der Waals surface area contributed by atoms with Gasteiger partial charge >= 0.3 is 0 Å². The first-order chi connectivity index (χ1) is 8.28. The van der Waals surface area contributed by atoms with Gasteiger partial charge in [0.2, 0.25) is 0 Å². The number of aromatic nitrogens is 1. The van der Waals surface area contributed by atoms with Crippen LogP contribution in [0.3, 0.4) is 0 Å². The molecule has 0 aromatic carbocycles. The van der Waals surface area contributed by atoms with Gasteiger partial charge in [0.25, 0.3) is 0 Å². The number of nitrogens with one attached hydrogen (secondary N) is 1. The maximum absolute atomic E-state index is 4.32. The van der Waals surface area contributed by atoms with Gasteiger partial charge in [0, 0.05) is 23.7 Å². The van der Waals surface area contributed by atoms with Crippen molar-refractivity contribution in [2.24, 2.45) is 5.41 Å². The Morgan fingerprint density at radius 2 is 2.18 bits per heavy atom. The van der Waals surface area contributed by atoms with E-state index in [1.54, 1.807) is 0 Å². The normalized spacial score (nSPS) is 27.0. The van der Waals surface area contributed by atoms with E-state index in [4.69, 9.17) is 0 Å². The largest absolute Gasteiger partial charge is 0.308 e. The summed E-state index contributed by atoms with van der Waals surface area (Å²) >= 11 is 1.83. The molecule has 2 aliphatic rings. The summed E-state index contributed by atoms with van der Waals surface area (Å²) in [4.78, 5) is 5.71. The monoisotopic (exact) mass is 250 g/mol. The molecular formula is C14H22N2S. The molecule has 2 aliphatic carbocycles. The van der Waals surface area contributed by atoms with Gasteiger partial charge in [0.1, 0.15) is 0 Å². The standard InChI is InChI=1S/C14H22N2S/c1-11-15-9-12(17-11)10-16-13-5-8-14(13)6-3-2-4-7-14/h9,13,16H,2-8,10H2,1H3. The predicted molar refractivity (Wildman–Crippen MR) is 72.2 cm³/mol. The van der Waals surface area contributed by atoms with Crippen LogP contribution in [-0.4, -0.2) is 11.0 Å². The maximum Gasteiger partial charge on any atom is 0.0897 e. The molecule has 0 saturated heterocycles. The first-order valence-electron chi connectivity index (χ1n) is 6.93. The van der Waals surface area contributed by atoms with E-state index >= 15 is 0 Å². The second-order valence-corrected chi connectivity index (χ2v) is 7.06. The van der Waals surface area contributed by atoms with Crippen LogP contribution in [-0.2, 0) is 6.54 Å². The highest BCUT2D eigenvalue weighted by atomic mass is 32.1. The molecule has 2 fully saturated rings. The van der Waals surface area contributed by atoms with E-state index in [1.165, 1.54) is 54.8 Å². The lowest BCUT2D eigenvalue weighted by atomic mass is 9.57. The summed E-state index contributed by atoms with van der Waals surface area (Å²) in [7, 11) is 0. The van der Waals surface area contributed by atoms with E-state index in [0.29, 0.717) is 5.41 Å². The molecule has 0 amide bonds. The van der Waals surface area contributed by atoms with E-state index in [2.05, 4.69) is 17.2 Å². The smallest absolute Gasteiger partial charge is 0.0897 e.